The minimum Gasteiger partial charge on any atom is -0.341 e. The van der Waals surface area contributed by atoms with Gasteiger partial charge in [0.15, 0.2) is 0 Å². The Bertz CT molecular complexity index is 362. The van der Waals surface area contributed by atoms with E-state index in [1.807, 2.05) is 4.90 Å². The van der Waals surface area contributed by atoms with Gasteiger partial charge >= 0.3 is 0 Å². The van der Waals surface area contributed by atoms with Crippen LogP contribution in [0, 0.1) is 5.92 Å². The van der Waals surface area contributed by atoms with Crippen LogP contribution in [-0.2, 0) is 0 Å². The summed E-state index contributed by atoms with van der Waals surface area (Å²) in [5.74, 6) is 0.737. The first kappa shape index (κ1) is 8.91. The van der Waals surface area contributed by atoms with E-state index >= 15 is 0 Å². The van der Waals surface area contributed by atoms with Crippen LogP contribution in [0.2, 0.25) is 0 Å². The van der Waals surface area contributed by atoms with Crippen molar-refractivity contribution >= 4 is 5.91 Å². The van der Waals surface area contributed by atoms with Crippen LogP contribution < -0.4 is 5.32 Å². The Hall–Kier alpha value is -1.36. The van der Waals surface area contributed by atoms with Crippen molar-refractivity contribution in [2.75, 3.05) is 19.6 Å². The smallest absolute Gasteiger partial charge is 0.272 e. The van der Waals surface area contributed by atoms with Crippen molar-refractivity contribution in [1.82, 2.24) is 20.2 Å². The van der Waals surface area contributed by atoms with Gasteiger partial charge in [-0.1, -0.05) is 0 Å². The average molecular weight is 206 g/mol. The molecule has 2 aliphatic rings. The normalized spacial score (nSPS) is 29.5. The molecule has 80 valence electrons. The third-order valence-corrected chi connectivity index (χ3v) is 3.43. The SMILES string of the molecule is O=C(c1cnc[nH]1)N1CC[C@H]2CNC[C@H]21. The number of likely N-dealkylation sites (tertiary alicyclic amines) is 1. The van der Waals surface area contributed by atoms with Crippen LogP contribution >= 0.6 is 0 Å². The number of aromatic nitrogens is 2. The number of hydrogen-bond acceptors (Lipinski definition) is 3. The largest absolute Gasteiger partial charge is 0.341 e. The lowest BCUT2D eigenvalue weighted by Crippen LogP contribution is -2.39. The number of amides is 1. The third kappa shape index (κ3) is 1.34. The molecule has 0 spiro atoms. The summed E-state index contributed by atoms with van der Waals surface area (Å²) in [5.41, 5.74) is 0.600. The lowest BCUT2D eigenvalue weighted by Gasteiger charge is -2.22. The second-order valence-electron chi connectivity index (χ2n) is 4.24. The fourth-order valence-corrected chi connectivity index (χ4v) is 2.63. The van der Waals surface area contributed by atoms with Crippen molar-refractivity contribution in [1.29, 1.82) is 0 Å². The first-order chi connectivity index (χ1) is 7.36. The molecule has 15 heavy (non-hydrogen) atoms. The monoisotopic (exact) mass is 206 g/mol. The fraction of sp³-hybridized carbons (Fsp3) is 0.600. The second kappa shape index (κ2) is 3.34. The molecule has 0 radical (unpaired) electrons. The van der Waals surface area contributed by atoms with Crippen LogP contribution in [0.1, 0.15) is 16.9 Å². The van der Waals surface area contributed by atoms with Gasteiger partial charge in [-0.2, -0.15) is 0 Å². The summed E-state index contributed by atoms with van der Waals surface area (Å²) in [4.78, 5) is 20.8. The molecule has 1 aromatic heterocycles. The molecule has 0 bridgehead atoms. The van der Waals surface area contributed by atoms with E-state index in [1.54, 1.807) is 12.5 Å². The minimum absolute atomic E-state index is 0.0868. The van der Waals surface area contributed by atoms with Crippen molar-refractivity contribution in [3.8, 4) is 0 Å². The number of carbonyl (C=O) groups excluding carboxylic acids is 1. The molecule has 2 atom stereocenters. The highest BCUT2D eigenvalue weighted by Gasteiger charge is 2.40. The summed E-state index contributed by atoms with van der Waals surface area (Å²) in [5, 5.41) is 3.33. The Kier molecular flexibility index (Phi) is 1.98. The summed E-state index contributed by atoms with van der Waals surface area (Å²) >= 11 is 0. The van der Waals surface area contributed by atoms with Crippen molar-refractivity contribution < 1.29 is 4.79 Å². The van der Waals surface area contributed by atoms with Crippen molar-refractivity contribution in [3.63, 3.8) is 0 Å². The van der Waals surface area contributed by atoms with Gasteiger partial charge in [0.05, 0.1) is 12.5 Å². The molecule has 1 aromatic rings. The molecule has 2 fully saturated rings. The Morgan fingerprint density at radius 2 is 2.47 bits per heavy atom. The number of carbonyl (C=O) groups is 1. The van der Waals surface area contributed by atoms with Crippen LogP contribution in [0.15, 0.2) is 12.5 Å². The Morgan fingerprint density at radius 3 is 3.27 bits per heavy atom. The van der Waals surface area contributed by atoms with E-state index in [1.165, 1.54) is 0 Å². The van der Waals surface area contributed by atoms with Gasteiger partial charge in [-0.05, 0) is 12.3 Å². The highest BCUT2D eigenvalue weighted by molar-refractivity contribution is 5.92. The average Bonchev–Trinajstić information content (AvgIpc) is 2.94. The summed E-state index contributed by atoms with van der Waals surface area (Å²) in [6, 6.07) is 0.390. The van der Waals surface area contributed by atoms with E-state index in [0.29, 0.717) is 17.7 Å². The van der Waals surface area contributed by atoms with Crippen molar-refractivity contribution in [3.05, 3.63) is 18.2 Å². The van der Waals surface area contributed by atoms with E-state index in [4.69, 9.17) is 0 Å². The molecule has 3 heterocycles. The van der Waals surface area contributed by atoms with Gasteiger partial charge < -0.3 is 15.2 Å². The van der Waals surface area contributed by atoms with Crippen LogP contribution in [0.3, 0.4) is 0 Å². The summed E-state index contributed by atoms with van der Waals surface area (Å²) in [6.45, 7) is 2.87. The zero-order valence-electron chi connectivity index (χ0n) is 8.44. The number of nitrogens with one attached hydrogen (secondary N) is 2. The number of fused-ring (bicyclic) bond motifs is 1. The van der Waals surface area contributed by atoms with Gasteiger partial charge in [-0.25, -0.2) is 4.98 Å². The van der Waals surface area contributed by atoms with Gasteiger partial charge in [0.25, 0.3) is 5.91 Å². The third-order valence-electron chi connectivity index (χ3n) is 3.43. The van der Waals surface area contributed by atoms with E-state index in [9.17, 15) is 4.79 Å². The Labute approximate surface area is 87.9 Å². The molecule has 0 aromatic carbocycles. The minimum atomic E-state index is 0.0868. The quantitative estimate of drug-likeness (QED) is 0.671. The Balaban J connectivity index is 1.80. The van der Waals surface area contributed by atoms with Gasteiger partial charge in [-0.15, -0.1) is 0 Å². The van der Waals surface area contributed by atoms with Gasteiger partial charge in [0.2, 0.25) is 0 Å². The maximum Gasteiger partial charge on any atom is 0.272 e. The molecule has 2 saturated heterocycles. The Morgan fingerprint density at radius 1 is 1.53 bits per heavy atom. The lowest BCUT2D eigenvalue weighted by molar-refractivity contribution is 0.0731. The van der Waals surface area contributed by atoms with Crippen LogP contribution in [0.4, 0.5) is 0 Å². The molecule has 2 aliphatic heterocycles. The predicted octanol–water partition coefficient (Wildman–Crippen LogP) is -0.156. The fourth-order valence-electron chi connectivity index (χ4n) is 2.63. The number of rotatable bonds is 1. The van der Waals surface area contributed by atoms with Crippen LogP contribution in [0.5, 0.6) is 0 Å². The summed E-state index contributed by atoms with van der Waals surface area (Å²) in [6.07, 6.45) is 4.27. The standard InChI is InChI=1S/C10H14N4O/c15-10(8-4-12-6-13-8)14-2-1-7-3-11-5-9(7)14/h4,6-7,9,11H,1-3,5H2,(H,12,13)/t7-,9+/m0/s1. The molecular formula is C10H14N4O. The van der Waals surface area contributed by atoms with Gasteiger partial charge in [0.1, 0.15) is 5.69 Å². The highest BCUT2D eigenvalue weighted by Crippen LogP contribution is 2.27. The molecule has 0 aliphatic carbocycles. The number of hydrogen-bond donors (Lipinski definition) is 2. The first-order valence-electron chi connectivity index (χ1n) is 5.36. The first-order valence-corrected chi connectivity index (χ1v) is 5.36. The van der Waals surface area contributed by atoms with E-state index < -0.39 is 0 Å². The topological polar surface area (TPSA) is 61.0 Å². The van der Waals surface area contributed by atoms with E-state index in [0.717, 1.165) is 26.1 Å². The van der Waals surface area contributed by atoms with Crippen molar-refractivity contribution in [2.45, 2.75) is 12.5 Å². The summed E-state index contributed by atoms with van der Waals surface area (Å²) < 4.78 is 0. The number of aromatic amines is 1. The molecule has 5 heteroatoms. The van der Waals surface area contributed by atoms with Gasteiger partial charge in [-0.3, -0.25) is 4.79 Å². The number of H-pyrrole nitrogens is 1. The van der Waals surface area contributed by atoms with Crippen molar-refractivity contribution in [2.24, 2.45) is 5.92 Å². The maximum absolute atomic E-state index is 12.1. The zero-order valence-corrected chi connectivity index (χ0v) is 8.44. The highest BCUT2D eigenvalue weighted by atomic mass is 16.2. The molecule has 2 N–H and O–H groups in total. The van der Waals surface area contributed by atoms with Gasteiger partial charge in [0, 0.05) is 25.7 Å². The van der Waals surface area contributed by atoms with E-state index in [2.05, 4.69) is 15.3 Å². The number of nitrogens with zero attached hydrogens (tertiary/aromatic N) is 2. The molecule has 0 saturated carbocycles. The zero-order chi connectivity index (χ0) is 10.3. The number of imidazole rings is 1. The molecule has 0 unspecified atom stereocenters. The van der Waals surface area contributed by atoms with E-state index in [-0.39, 0.29) is 5.91 Å². The molecule has 1 amide bonds. The second-order valence-corrected chi connectivity index (χ2v) is 4.24. The molecule has 5 nitrogen and oxygen atoms in total. The lowest BCUT2D eigenvalue weighted by atomic mass is 10.1. The van der Waals surface area contributed by atoms with Crippen LogP contribution in [-0.4, -0.2) is 46.5 Å². The summed E-state index contributed by atoms with van der Waals surface area (Å²) in [7, 11) is 0. The predicted molar refractivity (Wildman–Crippen MR) is 54.4 cm³/mol. The molecule has 3 rings (SSSR count). The maximum atomic E-state index is 12.1. The van der Waals surface area contributed by atoms with Crippen LogP contribution in [0.25, 0.3) is 0 Å². The molecular weight excluding hydrogens is 192 g/mol.